The summed E-state index contributed by atoms with van der Waals surface area (Å²) in [4.78, 5) is 0. The fourth-order valence-electron chi connectivity index (χ4n) is 1.61. The van der Waals surface area contributed by atoms with E-state index in [1.807, 2.05) is 0 Å². The molecule has 0 aromatic heterocycles. The molecule has 1 rings (SSSR count). The van der Waals surface area contributed by atoms with Crippen molar-refractivity contribution in [2.45, 2.75) is 43.5 Å². The molecule has 13 heavy (non-hydrogen) atoms. The minimum Gasteiger partial charge on any atom is -0.616 e. The SMILES string of the molecule is [O-][S+](CC(F)(F)F)C1CCCCC1. The van der Waals surface area contributed by atoms with E-state index in [4.69, 9.17) is 0 Å². The molecule has 1 saturated carbocycles. The first-order chi connectivity index (χ1) is 5.99. The summed E-state index contributed by atoms with van der Waals surface area (Å²) in [6, 6.07) is 0. The van der Waals surface area contributed by atoms with E-state index in [9.17, 15) is 17.7 Å². The van der Waals surface area contributed by atoms with Crippen LogP contribution in [0.1, 0.15) is 32.1 Å². The molecule has 0 aliphatic heterocycles. The van der Waals surface area contributed by atoms with Crippen LogP contribution in [0.15, 0.2) is 0 Å². The molecule has 0 aromatic carbocycles. The highest BCUT2D eigenvalue weighted by atomic mass is 32.2. The van der Waals surface area contributed by atoms with Gasteiger partial charge in [0.15, 0.2) is 0 Å². The normalized spacial score (nSPS) is 23.1. The van der Waals surface area contributed by atoms with Crippen molar-refractivity contribution in [1.82, 2.24) is 0 Å². The van der Waals surface area contributed by atoms with Gasteiger partial charge in [0.05, 0.1) is 0 Å². The van der Waals surface area contributed by atoms with Crippen molar-refractivity contribution in [3.63, 3.8) is 0 Å². The maximum absolute atomic E-state index is 11.9. The van der Waals surface area contributed by atoms with Crippen molar-refractivity contribution in [3.8, 4) is 0 Å². The van der Waals surface area contributed by atoms with Crippen LogP contribution in [0.2, 0.25) is 0 Å². The maximum Gasteiger partial charge on any atom is 0.433 e. The lowest BCUT2D eigenvalue weighted by atomic mass is 10.0. The second-order valence-corrected chi connectivity index (χ2v) is 5.12. The van der Waals surface area contributed by atoms with E-state index >= 15 is 0 Å². The van der Waals surface area contributed by atoms with Gasteiger partial charge in [-0.15, -0.1) is 0 Å². The van der Waals surface area contributed by atoms with Crippen molar-refractivity contribution in [3.05, 3.63) is 0 Å². The van der Waals surface area contributed by atoms with Gasteiger partial charge >= 0.3 is 6.18 Å². The minimum absolute atomic E-state index is 0.213. The van der Waals surface area contributed by atoms with Crippen LogP contribution in [0, 0.1) is 0 Å². The average molecular weight is 214 g/mol. The van der Waals surface area contributed by atoms with E-state index in [0.29, 0.717) is 12.8 Å². The van der Waals surface area contributed by atoms with Crippen molar-refractivity contribution in [2.75, 3.05) is 5.75 Å². The van der Waals surface area contributed by atoms with Gasteiger partial charge in [-0.05, 0) is 36.9 Å². The van der Waals surface area contributed by atoms with Gasteiger partial charge in [0.25, 0.3) is 0 Å². The second kappa shape index (κ2) is 4.55. The molecule has 1 nitrogen and oxygen atoms in total. The Hall–Kier alpha value is 0.100. The smallest absolute Gasteiger partial charge is 0.433 e. The molecule has 78 valence electrons. The zero-order valence-corrected chi connectivity index (χ0v) is 8.09. The molecule has 1 aliphatic rings. The zero-order chi connectivity index (χ0) is 9.90. The molecular formula is C8H13F3OS. The standard InChI is InChI=1S/C8H13F3OS/c9-8(10,11)6-13(12)7-4-2-1-3-5-7/h7H,1-6H2. The quantitative estimate of drug-likeness (QED) is 0.648. The number of halogens is 3. The Kier molecular flexibility index (Phi) is 3.91. The molecule has 0 heterocycles. The second-order valence-electron chi connectivity index (χ2n) is 3.40. The van der Waals surface area contributed by atoms with Crippen LogP contribution >= 0.6 is 0 Å². The summed E-state index contributed by atoms with van der Waals surface area (Å²) in [5.41, 5.74) is 0. The van der Waals surface area contributed by atoms with Crippen LogP contribution in [0.25, 0.3) is 0 Å². The molecule has 5 heteroatoms. The summed E-state index contributed by atoms with van der Waals surface area (Å²) in [6.45, 7) is 0. The molecule has 1 fully saturated rings. The fraction of sp³-hybridized carbons (Fsp3) is 1.00. The Labute approximate surface area is 78.9 Å². The highest BCUT2D eigenvalue weighted by Crippen LogP contribution is 2.28. The van der Waals surface area contributed by atoms with Gasteiger partial charge in [0, 0.05) is 0 Å². The summed E-state index contributed by atoms with van der Waals surface area (Å²) >= 11 is -1.70. The summed E-state index contributed by atoms with van der Waals surface area (Å²) in [5.74, 6) is -1.13. The largest absolute Gasteiger partial charge is 0.616 e. The highest BCUT2D eigenvalue weighted by molar-refractivity contribution is 7.92. The van der Waals surface area contributed by atoms with Gasteiger partial charge in [-0.1, -0.05) is 6.42 Å². The Morgan fingerprint density at radius 1 is 1.15 bits per heavy atom. The van der Waals surface area contributed by atoms with Gasteiger partial charge in [0.2, 0.25) is 5.75 Å². The molecule has 1 atom stereocenters. The van der Waals surface area contributed by atoms with E-state index in [2.05, 4.69) is 0 Å². The lowest BCUT2D eigenvalue weighted by Gasteiger charge is -2.25. The average Bonchev–Trinajstić information content (AvgIpc) is 2.03. The highest BCUT2D eigenvalue weighted by Gasteiger charge is 2.38. The van der Waals surface area contributed by atoms with E-state index in [1.54, 1.807) is 0 Å². The van der Waals surface area contributed by atoms with Gasteiger partial charge in [-0.3, -0.25) is 0 Å². The molecule has 0 spiro atoms. The van der Waals surface area contributed by atoms with E-state index in [0.717, 1.165) is 19.3 Å². The number of alkyl halides is 3. The molecule has 0 amide bonds. The topological polar surface area (TPSA) is 23.1 Å². The van der Waals surface area contributed by atoms with Gasteiger partial charge in [-0.25, -0.2) is 0 Å². The fourth-order valence-corrected chi connectivity index (χ4v) is 3.02. The summed E-state index contributed by atoms with van der Waals surface area (Å²) in [7, 11) is 0. The van der Waals surface area contributed by atoms with E-state index < -0.39 is 23.1 Å². The zero-order valence-electron chi connectivity index (χ0n) is 7.27. The Bertz CT molecular complexity index is 154. The third-order valence-corrected chi connectivity index (χ3v) is 4.06. The summed E-state index contributed by atoms with van der Waals surface area (Å²) in [6.07, 6.45) is 0.0376. The molecule has 0 bridgehead atoms. The molecule has 0 saturated heterocycles. The van der Waals surface area contributed by atoms with Crippen LogP contribution in [0.5, 0.6) is 0 Å². The molecule has 0 radical (unpaired) electrons. The predicted octanol–water partition coefficient (Wildman–Crippen LogP) is 2.63. The van der Waals surface area contributed by atoms with Crippen LogP contribution in [-0.4, -0.2) is 21.7 Å². The molecule has 1 unspecified atom stereocenters. The number of hydrogen-bond acceptors (Lipinski definition) is 1. The number of hydrogen-bond donors (Lipinski definition) is 0. The van der Waals surface area contributed by atoms with Gasteiger partial charge in [-0.2, -0.15) is 13.2 Å². The first-order valence-electron chi connectivity index (χ1n) is 4.43. The molecule has 0 N–H and O–H groups in total. The lowest BCUT2D eigenvalue weighted by molar-refractivity contribution is -0.106. The Morgan fingerprint density at radius 3 is 2.15 bits per heavy atom. The van der Waals surface area contributed by atoms with Gasteiger partial charge < -0.3 is 4.55 Å². The van der Waals surface area contributed by atoms with Crippen LogP contribution in [-0.2, 0) is 11.2 Å². The van der Waals surface area contributed by atoms with Crippen LogP contribution in [0.3, 0.4) is 0 Å². The van der Waals surface area contributed by atoms with E-state index in [1.165, 1.54) is 0 Å². The van der Waals surface area contributed by atoms with Crippen LogP contribution in [0.4, 0.5) is 13.2 Å². The summed E-state index contributed by atoms with van der Waals surface area (Å²) in [5, 5.41) is -0.213. The van der Waals surface area contributed by atoms with Gasteiger partial charge in [0.1, 0.15) is 5.25 Å². The number of rotatable bonds is 2. The Morgan fingerprint density at radius 2 is 1.69 bits per heavy atom. The van der Waals surface area contributed by atoms with Crippen molar-refractivity contribution in [2.24, 2.45) is 0 Å². The van der Waals surface area contributed by atoms with Crippen molar-refractivity contribution in [1.29, 1.82) is 0 Å². The predicted molar refractivity (Wildman–Crippen MR) is 45.9 cm³/mol. The summed E-state index contributed by atoms with van der Waals surface area (Å²) < 4.78 is 46.8. The van der Waals surface area contributed by atoms with Crippen molar-refractivity contribution < 1.29 is 17.7 Å². The maximum atomic E-state index is 11.9. The molecule has 0 aromatic rings. The molecule has 1 aliphatic carbocycles. The molecular weight excluding hydrogens is 201 g/mol. The minimum atomic E-state index is -4.28. The first kappa shape index (κ1) is 11.2. The third-order valence-electron chi connectivity index (χ3n) is 2.23. The van der Waals surface area contributed by atoms with E-state index in [-0.39, 0.29) is 5.25 Å². The lowest BCUT2D eigenvalue weighted by Crippen LogP contribution is -2.32. The first-order valence-corrected chi connectivity index (χ1v) is 5.81. The van der Waals surface area contributed by atoms with Crippen LogP contribution < -0.4 is 0 Å². The monoisotopic (exact) mass is 214 g/mol. The van der Waals surface area contributed by atoms with Crippen molar-refractivity contribution >= 4 is 11.2 Å². The third kappa shape index (κ3) is 4.22. The Balaban J connectivity index is 2.33.